The number of nitrogens with zero attached hydrogens (tertiary/aromatic N) is 2. The maximum absolute atomic E-state index is 12.7. The van der Waals surface area contributed by atoms with Gasteiger partial charge in [-0.05, 0) is 37.8 Å². The van der Waals surface area contributed by atoms with Crippen LogP contribution in [-0.2, 0) is 15.7 Å². The number of piperidine rings is 1. The maximum atomic E-state index is 12.7. The number of nitrogens with one attached hydrogen (secondary N) is 1. The molecule has 2 aliphatic heterocycles. The zero-order valence-electron chi connectivity index (χ0n) is 14.3. The highest BCUT2D eigenvalue weighted by molar-refractivity contribution is 5.88. The van der Waals surface area contributed by atoms with E-state index in [2.05, 4.69) is 10.3 Å². The summed E-state index contributed by atoms with van der Waals surface area (Å²) in [5.74, 6) is -0.110. The lowest BCUT2D eigenvalue weighted by molar-refractivity contribution is -0.137. The van der Waals surface area contributed by atoms with Crippen LogP contribution in [0.3, 0.4) is 0 Å². The number of likely N-dealkylation sites (tertiary alicyclic amines) is 1. The zero-order valence-corrected chi connectivity index (χ0v) is 14.3. The number of hydrogen-bond acceptors (Lipinski definition) is 4. The van der Waals surface area contributed by atoms with Gasteiger partial charge in [0.15, 0.2) is 0 Å². The van der Waals surface area contributed by atoms with Gasteiger partial charge in [-0.2, -0.15) is 13.2 Å². The van der Waals surface area contributed by atoms with E-state index < -0.39 is 17.8 Å². The first-order valence-electron chi connectivity index (χ1n) is 8.74. The lowest BCUT2D eigenvalue weighted by Gasteiger charge is -2.32. The van der Waals surface area contributed by atoms with Crippen molar-refractivity contribution < 1.29 is 27.4 Å². The molecule has 0 saturated carbocycles. The normalized spacial score (nSPS) is 21.8. The van der Waals surface area contributed by atoms with Gasteiger partial charge < -0.3 is 14.4 Å². The first kappa shape index (κ1) is 18.9. The summed E-state index contributed by atoms with van der Waals surface area (Å²) in [6.45, 7) is 2.34. The second-order valence-corrected chi connectivity index (χ2v) is 6.51. The van der Waals surface area contributed by atoms with E-state index in [1.807, 2.05) is 0 Å². The minimum Gasteiger partial charge on any atom is -0.376 e. The lowest BCUT2D eigenvalue weighted by Crippen LogP contribution is -2.43. The molecule has 3 heterocycles. The summed E-state index contributed by atoms with van der Waals surface area (Å²) in [7, 11) is 0. The molecule has 2 fully saturated rings. The molecule has 2 saturated heterocycles. The van der Waals surface area contributed by atoms with Crippen molar-refractivity contribution in [2.24, 2.45) is 0 Å². The molecule has 0 bridgehead atoms. The van der Waals surface area contributed by atoms with Crippen molar-refractivity contribution in [2.75, 3.05) is 31.6 Å². The van der Waals surface area contributed by atoms with E-state index in [0.717, 1.165) is 37.8 Å². The van der Waals surface area contributed by atoms with Crippen LogP contribution in [-0.4, -0.2) is 54.4 Å². The second kappa shape index (κ2) is 8.22. The van der Waals surface area contributed by atoms with Crippen LogP contribution in [0.25, 0.3) is 0 Å². The topological polar surface area (TPSA) is 63.7 Å². The molecule has 0 aromatic carbocycles. The fourth-order valence-electron chi connectivity index (χ4n) is 3.11. The SMILES string of the molecule is O=C(Nc1cc(C(F)(F)F)ccn1)N1CCC(OCC2CCCO2)CC1. The van der Waals surface area contributed by atoms with Crippen molar-refractivity contribution >= 4 is 11.8 Å². The summed E-state index contributed by atoms with van der Waals surface area (Å²) in [5.41, 5.74) is -0.843. The zero-order chi connectivity index (χ0) is 18.6. The number of pyridine rings is 1. The Hall–Kier alpha value is -1.87. The number of carbonyl (C=O) groups excluding carboxylic acids is 1. The van der Waals surface area contributed by atoms with Gasteiger partial charge in [-0.15, -0.1) is 0 Å². The van der Waals surface area contributed by atoms with E-state index in [4.69, 9.17) is 9.47 Å². The molecular weight excluding hydrogens is 351 g/mol. The molecule has 1 atom stereocenters. The highest BCUT2D eigenvalue weighted by Gasteiger charge is 2.31. The molecule has 2 aliphatic rings. The van der Waals surface area contributed by atoms with Gasteiger partial charge in [0.2, 0.25) is 0 Å². The smallest absolute Gasteiger partial charge is 0.376 e. The van der Waals surface area contributed by atoms with Crippen molar-refractivity contribution in [1.29, 1.82) is 0 Å². The van der Waals surface area contributed by atoms with Crippen LogP contribution in [0.15, 0.2) is 18.3 Å². The van der Waals surface area contributed by atoms with Crippen molar-refractivity contribution in [3.63, 3.8) is 0 Å². The number of urea groups is 1. The van der Waals surface area contributed by atoms with E-state index >= 15 is 0 Å². The number of aromatic nitrogens is 1. The molecule has 1 unspecified atom stereocenters. The van der Waals surface area contributed by atoms with Crippen LogP contribution in [0.4, 0.5) is 23.8 Å². The van der Waals surface area contributed by atoms with E-state index in [-0.39, 0.29) is 18.0 Å². The number of ether oxygens (including phenoxy) is 2. The Balaban J connectivity index is 1.45. The fourth-order valence-corrected chi connectivity index (χ4v) is 3.11. The number of carbonyl (C=O) groups is 1. The minimum atomic E-state index is -4.47. The molecule has 0 spiro atoms. The first-order chi connectivity index (χ1) is 12.4. The van der Waals surface area contributed by atoms with Crippen LogP contribution in [0.2, 0.25) is 0 Å². The Morgan fingerprint density at radius 2 is 2.12 bits per heavy atom. The van der Waals surface area contributed by atoms with Crippen LogP contribution < -0.4 is 5.32 Å². The third-order valence-electron chi connectivity index (χ3n) is 4.59. The highest BCUT2D eigenvalue weighted by Crippen LogP contribution is 2.30. The molecule has 0 aliphatic carbocycles. The first-order valence-corrected chi connectivity index (χ1v) is 8.74. The summed E-state index contributed by atoms with van der Waals surface area (Å²) in [6.07, 6.45) is 0.275. The molecule has 0 radical (unpaired) electrons. The Kier molecular flexibility index (Phi) is 5.98. The van der Waals surface area contributed by atoms with Gasteiger partial charge in [0.25, 0.3) is 0 Å². The third-order valence-corrected chi connectivity index (χ3v) is 4.59. The molecule has 1 aromatic heterocycles. The largest absolute Gasteiger partial charge is 0.416 e. The van der Waals surface area contributed by atoms with Gasteiger partial charge in [0.1, 0.15) is 5.82 Å². The van der Waals surface area contributed by atoms with Crippen molar-refractivity contribution in [2.45, 2.75) is 44.1 Å². The number of amides is 2. The van der Waals surface area contributed by atoms with E-state index in [1.165, 1.54) is 0 Å². The van der Waals surface area contributed by atoms with Gasteiger partial charge >= 0.3 is 12.2 Å². The van der Waals surface area contributed by atoms with Gasteiger partial charge in [-0.1, -0.05) is 0 Å². The Morgan fingerprint density at radius 1 is 1.35 bits per heavy atom. The van der Waals surface area contributed by atoms with Crippen molar-refractivity contribution in [3.8, 4) is 0 Å². The molecule has 9 heteroatoms. The summed E-state index contributed by atoms with van der Waals surface area (Å²) >= 11 is 0. The van der Waals surface area contributed by atoms with E-state index in [9.17, 15) is 18.0 Å². The van der Waals surface area contributed by atoms with Gasteiger partial charge in [-0.25, -0.2) is 9.78 Å². The number of halogens is 3. The molecule has 26 heavy (non-hydrogen) atoms. The van der Waals surface area contributed by atoms with Gasteiger partial charge in [-0.3, -0.25) is 5.32 Å². The van der Waals surface area contributed by atoms with Gasteiger partial charge in [0.05, 0.1) is 24.4 Å². The van der Waals surface area contributed by atoms with Gasteiger partial charge in [0, 0.05) is 25.9 Å². The van der Waals surface area contributed by atoms with Crippen LogP contribution in [0.5, 0.6) is 0 Å². The minimum absolute atomic E-state index is 0.0786. The molecule has 2 amide bonds. The summed E-state index contributed by atoms with van der Waals surface area (Å²) in [5, 5.41) is 2.43. The predicted molar refractivity (Wildman–Crippen MR) is 87.8 cm³/mol. The summed E-state index contributed by atoms with van der Waals surface area (Å²) in [6, 6.07) is 1.25. The number of hydrogen-bond donors (Lipinski definition) is 1. The molecule has 1 aromatic rings. The van der Waals surface area contributed by atoms with E-state index in [1.54, 1.807) is 4.90 Å². The molecular formula is C17H22F3N3O3. The number of rotatable bonds is 4. The van der Waals surface area contributed by atoms with Crippen molar-refractivity contribution in [1.82, 2.24) is 9.88 Å². The lowest BCUT2D eigenvalue weighted by atomic mass is 10.1. The molecule has 6 nitrogen and oxygen atoms in total. The standard InChI is InChI=1S/C17H22F3N3O3/c18-17(19,20)12-3-6-21-15(10-12)22-16(24)23-7-4-13(5-8-23)26-11-14-2-1-9-25-14/h3,6,10,13-14H,1-2,4-5,7-9,11H2,(H,21,22,24). The third kappa shape index (κ3) is 5.07. The van der Waals surface area contributed by atoms with Crippen LogP contribution in [0, 0.1) is 0 Å². The number of anilines is 1. The van der Waals surface area contributed by atoms with Crippen LogP contribution in [0.1, 0.15) is 31.2 Å². The summed E-state index contributed by atoms with van der Waals surface area (Å²) < 4.78 is 49.5. The quantitative estimate of drug-likeness (QED) is 0.880. The number of alkyl halides is 3. The van der Waals surface area contributed by atoms with Crippen molar-refractivity contribution in [3.05, 3.63) is 23.9 Å². The maximum Gasteiger partial charge on any atom is 0.416 e. The second-order valence-electron chi connectivity index (χ2n) is 6.51. The fraction of sp³-hybridized carbons (Fsp3) is 0.647. The average Bonchev–Trinajstić information content (AvgIpc) is 3.13. The molecule has 3 rings (SSSR count). The van der Waals surface area contributed by atoms with Crippen LogP contribution >= 0.6 is 0 Å². The average molecular weight is 373 g/mol. The molecule has 1 N–H and O–H groups in total. The summed E-state index contributed by atoms with van der Waals surface area (Å²) in [4.78, 5) is 17.6. The molecule has 144 valence electrons. The predicted octanol–water partition coefficient (Wildman–Crippen LogP) is 3.29. The highest BCUT2D eigenvalue weighted by atomic mass is 19.4. The Bertz CT molecular complexity index is 613. The Labute approximate surface area is 149 Å². The van der Waals surface area contributed by atoms with E-state index in [0.29, 0.717) is 32.5 Å². The monoisotopic (exact) mass is 373 g/mol. The Morgan fingerprint density at radius 3 is 2.77 bits per heavy atom.